The number of nitrogens with zero attached hydrogens (tertiary/aromatic N) is 1. The van der Waals surface area contributed by atoms with E-state index in [4.69, 9.17) is 0 Å². The minimum atomic E-state index is -1.18. The second-order valence-corrected chi connectivity index (χ2v) is 10.7. The Kier molecular flexibility index (Phi) is 14.7. The Morgan fingerprint density at radius 1 is 0.884 bits per heavy atom. The van der Waals surface area contributed by atoms with Gasteiger partial charge in [-0.1, -0.05) is 13.8 Å². The van der Waals surface area contributed by atoms with Crippen molar-refractivity contribution in [2.75, 3.05) is 26.2 Å². The van der Waals surface area contributed by atoms with Crippen molar-refractivity contribution < 1.29 is 33.1 Å². The summed E-state index contributed by atoms with van der Waals surface area (Å²) < 4.78 is 27.8. The first-order valence-electron chi connectivity index (χ1n) is 14.8. The highest BCUT2D eigenvalue weighted by molar-refractivity contribution is 6.00. The molecule has 0 aliphatic carbocycles. The zero-order valence-corrected chi connectivity index (χ0v) is 25.5. The SMILES string of the molecule is CCCN(CCC)C(=O)c1cc(C)cc(C(=O)N[C@@H](Cc2cc(F)cc(F)c2)[C@H](O)CCNC(=O)CCCNC(C)=O)c1. The van der Waals surface area contributed by atoms with Crippen molar-refractivity contribution in [1.29, 1.82) is 0 Å². The Morgan fingerprint density at radius 2 is 1.51 bits per heavy atom. The van der Waals surface area contributed by atoms with Crippen LogP contribution in [0.4, 0.5) is 8.78 Å². The van der Waals surface area contributed by atoms with Crippen LogP contribution in [0, 0.1) is 18.6 Å². The summed E-state index contributed by atoms with van der Waals surface area (Å²) in [6.45, 7) is 8.78. The monoisotopic (exact) mass is 602 g/mol. The van der Waals surface area contributed by atoms with Gasteiger partial charge in [0.15, 0.2) is 0 Å². The molecule has 4 amide bonds. The van der Waals surface area contributed by atoms with Crippen molar-refractivity contribution in [3.8, 4) is 0 Å². The molecule has 0 saturated heterocycles. The van der Waals surface area contributed by atoms with E-state index in [2.05, 4.69) is 16.0 Å². The Hall–Kier alpha value is -3.86. The molecule has 0 aliphatic heterocycles. The van der Waals surface area contributed by atoms with Crippen LogP contribution in [0.3, 0.4) is 0 Å². The second-order valence-electron chi connectivity index (χ2n) is 10.7. The molecule has 0 spiro atoms. The molecule has 0 unspecified atom stereocenters. The molecule has 236 valence electrons. The molecule has 0 bridgehead atoms. The highest BCUT2D eigenvalue weighted by atomic mass is 19.1. The van der Waals surface area contributed by atoms with Crippen molar-refractivity contribution in [3.63, 3.8) is 0 Å². The highest BCUT2D eigenvalue weighted by Crippen LogP contribution is 2.16. The van der Waals surface area contributed by atoms with Crippen LogP contribution in [-0.2, 0) is 16.0 Å². The van der Waals surface area contributed by atoms with Gasteiger partial charge < -0.3 is 26.0 Å². The fourth-order valence-electron chi connectivity index (χ4n) is 4.76. The van der Waals surface area contributed by atoms with Crippen molar-refractivity contribution in [2.24, 2.45) is 0 Å². The summed E-state index contributed by atoms with van der Waals surface area (Å²) >= 11 is 0. The van der Waals surface area contributed by atoms with Gasteiger partial charge in [0.25, 0.3) is 11.8 Å². The van der Waals surface area contributed by atoms with Gasteiger partial charge in [0.2, 0.25) is 11.8 Å². The molecule has 11 heteroatoms. The van der Waals surface area contributed by atoms with Crippen molar-refractivity contribution in [1.82, 2.24) is 20.9 Å². The smallest absolute Gasteiger partial charge is 0.253 e. The molecule has 9 nitrogen and oxygen atoms in total. The first-order valence-corrected chi connectivity index (χ1v) is 14.8. The number of aliphatic hydroxyl groups is 1. The lowest BCUT2D eigenvalue weighted by atomic mass is 9.97. The first-order chi connectivity index (χ1) is 20.4. The van der Waals surface area contributed by atoms with Gasteiger partial charge in [0.1, 0.15) is 11.6 Å². The van der Waals surface area contributed by atoms with Gasteiger partial charge in [-0.2, -0.15) is 0 Å². The van der Waals surface area contributed by atoms with E-state index in [1.165, 1.54) is 13.0 Å². The lowest BCUT2D eigenvalue weighted by Gasteiger charge is -2.25. The molecule has 4 N–H and O–H groups in total. The number of aryl methyl sites for hydroxylation is 1. The maximum atomic E-state index is 13.9. The van der Waals surface area contributed by atoms with Gasteiger partial charge in [0, 0.05) is 56.7 Å². The van der Waals surface area contributed by atoms with E-state index in [1.54, 1.807) is 24.0 Å². The standard InChI is InChI=1S/C32H44F2N4O5/c1-5-12-38(13-6-2)32(43)25-15-21(3)14-24(19-25)31(42)37-28(18-23-16-26(33)20-27(34)17-23)29(40)9-11-36-30(41)8-7-10-35-22(4)39/h14-17,19-20,28-29,40H,5-13,18H2,1-4H3,(H,35,39)(H,36,41)(H,37,42)/t28-,29+/m0/s1. The summed E-state index contributed by atoms with van der Waals surface area (Å²) in [4.78, 5) is 51.4. The molecule has 0 aliphatic rings. The molecule has 0 aromatic heterocycles. The first kappa shape index (κ1) is 35.3. The normalized spacial score (nSPS) is 12.3. The molecule has 0 radical (unpaired) electrons. The van der Waals surface area contributed by atoms with Crippen molar-refractivity contribution in [3.05, 3.63) is 70.3 Å². The van der Waals surface area contributed by atoms with Crippen LogP contribution in [0.2, 0.25) is 0 Å². The number of benzene rings is 2. The molecule has 0 saturated carbocycles. The number of nitrogens with one attached hydrogen (secondary N) is 3. The van der Waals surface area contributed by atoms with E-state index >= 15 is 0 Å². The molecule has 2 atom stereocenters. The number of amides is 4. The third kappa shape index (κ3) is 12.5. The van der Waals surface area contributed by atoms with E-state index in [-0.39, 0.29) is 54.7 Å². The summed E-state index contributed by atoms with van der Waals surface area (Å²) in [5.41, 5.74) is 1.53. The number of carbonyl (C=O) groups excluding carboxylic acids is 4. The summed E-state index contributed by atoms with van der Waals surface area (Å²) in [7, 11) is 0. The highest BCUT2D eigenvalue weighted by Gasteiger charge is 2.24. The van der Waals surface area contributed by atoms with Crippen LogP contribution < -0.4 is 16.0 Å². The van der Waals surface area contributed by atoms with E-state index in [9.17, 15) is 33.1 Å². The third-order valence-corrected chi connectivity index (χ3v) is 6.74. The largest absolute Gasteiger partial charge is 0.391 e. The van der Waals surface area contributed by atoms with E-state index in [1.807, 2.05) is 13.8 Å². The summed E-state index contributed by atoms with van der Waals surface area (Å²) in [5.74, 6) is -2.75. The average Bonchev–Trinajstić information content (AvgIpc) is 2.93. The molecular formula is C32H44F2N4O5. The molecular weight excluding hydrogens is 558 g/mol. The van der Waals surface area contributed by atoms with E-state index in [0.29, 0.717) is 37.2 Å². The number of rotatable bonds is 17. The molecule has 0 heterocycles. The number of halogens is 2. The van der Waals surface area contributed by atoms with Crippen LogP contribution in [0.25, 0.3) is 0 Å². The number of carbonyl (C=O) groups is 4. The van der Waals surface area contributed by atoms with Crippen LogP contribution in [0.15, 0.2) is 36.4 Å². The number of aliphatic hydroxyl groups excluding tert-OH is 1. The van der Waals surface area contributed by atoms with Crippen LogP contribution in [0.1, 0.15) is 84.7 Å². The molecule has 43 heavy (non-hydrogen) atoms. The van der Waals surface area contributed by atoms with E-state index in [0.717, 1.165) is 31.0 Å². The van der Waals surface area contributed by atoms with Gasteiger partial charge in [-0.05, 0) is 80.5 Å². The Labute approximate surface area is 252 Å². The zero-order valence-electron chi connectivity index (χ0n) is 25.5. The van der Waals surface area contributed by atoms with Crippen molar-refractivity contribution >= 4 is 23.6 Å². The van der Waals surface area contributed by atoms with Crippen LogP contribution in [-0.4, -0.2) is 72.0 Å². The van der Waals surface area contributed by atoms with Gasteiger partial charge in [-0.15, -0.1) is 0 Å². The minimum Gasteiger partial charge on any atom is -0.391 e. The fraction of sp³-hybridized carbons (Fsp3) is 0.500. The number of hydrogen-bond acceptors (Lipinski definition) is 5. The quantitative estimate of drug-likeness (QED) is 0.206. The summed E-state index contributed by atoms with van der Waals surface area (Å²) in [6.07, 6.45) is 1.02. The lowest BCUT2D eigenvalue weighted by molar-refractivity contribution is -0.122. The van der Waals surface area contributed by atoms with Gasteiger partial charge in [-0.25, -0.2) is 8.78 Å². The van der Waals surface area contributed by atoms with Crippen LogP contribution in [0.5, 0.6) is 0 Å². The van der Waals surface area contributed by atoms with Gasteiger partial charge >= 0.3 is 0 Å². The lowest BCUT2D eigenvalue weighted by Crippen LogP contribution is -2.46. The predicted octanol–water partition coefficient (Wildman–Crippen LogP) is 3.66. The Balaban J connectivity index is 2.18. The molecule has 0 fully saturated rings. The van der Waals surface area contributed by atoms with Gasteiger partial charge in [-0.3, -0.25) is 19.2 Å². The topological polar surface area (TPSA) is 128 Å². The number of hydrogen-bond donors (Lipinski definition) is 4. The van der Waals surface area contributed by atoms with Crippen LogP contribution >= 0.6 is 0 Å². The fourth-order valence-corrected chi connectivity index (χ4v) is 4.76. The summed E-state index contributed by atoms with van der Waals surface area (Å²) in [5, 5.41) is 19.1. The summed E-state index contributed by atoms with van der Waals surface area (Å²) in [6, 6.07) is 6.90. The third-order valence-electron chi connectivity index (χ3n) is 6.74. The van der Waals surface area contributed by atoms with Crippen molar-refractivity contribution in [2.45, 2.75) is 78.4 Å². The molecule has 2 aromatic carbocycles. The van der Waals surface area contributed by atoms with E-state index < -0.39 is 29.7 Å². The zero-order chi connectivity index (χ0) is 31.9. The van der Waals surface area contributed by atoms with Gasteiger partial charge in [0.05, 0.1) is 12.1 Å². The maximum Gasteiger partial charge on any atom is 0.253 e. The Bertz CT molecular complexity index is 1230. The predicted molar refractivity (Wildman–Crippen MR) is 161 cm³/mol. The molecule has 2 rings (SSSR count). The average molecular weight is 603 g/mol. The minimum absolute atomic E-state index is 0.0563. The molecule has 2 aromatic rings. The maximum absolute atomic E-state index is 13.9. The second kappa shape index (κ2) is 17.9. The Morgan fingerprint density at radius 3 is 2.12 bits per heavy atom.